The van der Waals surface area contributed by atoms with Gasteiger partial charge in [0.2, 0.25) is 0 Å². The number of carboxylic acid groups (broad SMARTS) is 1. The molecular formula is C19H15FNO2-. The molecule has 2 aromatic rings. The first-order valence-corrected chi connectivity index (χ1v) is 7.67. The smallest absolute Gasteiger partial charge is 0.123 e. The largest absolute Gasteiger partial charge is 0.545 e. The van der Waals surface area contributed by atoms with Crippen LogP contribution in [0.5, 0.6) is 0 Å². The van der Waals surface area contributed by atoms with Crippen molar-refractivity contribution in [1.29, 1.82) is 0 Å². The first-order chi connectivity index (χ1) is 11.1. The molecule has 0 spiro atoms. The number of hydrogen-bond acceptors (Lipinski definition) is 3. The van der Waals surface area contributed by atoms with Gasteiger partial charge in [0.15, 0.2) is 0 Å². The molecule has 1 heterocycles. The summed E-state index contributed by atoms with van der Waals surface area (Å²) in [5.41, 5.74) is 3.14. The minimum absolute atomic E-state index is 0.0729. The molecule has 0 saturated carbocycles. The van der Waals surface area contributed by atoms with Crippen LogP contribution in [0, 0.1) is 11.7 Å². The van der Waals surface area contributed by atoms with Gasteiger partial charge in [0, 0.05) is 11.6 Å². The molecule has 0 amide bonds. The normalized spacial score (nSPS) is 24.7. The van der Waals surface area contributed by atoms with Gasteiger partial charge in [-0.1, -0.05) is 36.4 Å². The average molecular weight is 308 g/mol. The fraction of sp³-hybridized carbons (Fsp3) is 0.211. The Morgan fingerprint density at radius 3 is 2.70 bits per heavy atom. The molecule has 0 unspecified atom stereocenters. The molecule has 23 heavy (non-hydrogen) atoms. The van der Waals surface area contributed by atoms with Crippen LogP contribution in [0.1, 0.15) is 39.9 Å². The predicted octanol–water partition coefficient (Wildman–Crippen LogP) is 3.02. The highest BCUT2D eigenvalue weighted by Crippen LogP contribution is 2.49. The standard InChI is InChI=1S/C19H16FNO2/c20-13-8-9-17-16(10-13)14-2-1-3-15(14)18(21-17)11-4-6-12(7-5-11)19(22)23/h1-2,4-10,14-15,18,21H,3H2,(H,22,23)/p-1/t14-,15+,18-/m0/s1. The summed E-state index contributed by atoms with van der Waals surface area (Å²) in [6.07, 6.45) is 5.20. The minimum Gasteiger partial charge on any atom is -0.545 e. The fourth-order valence-electron chi connectivity index (χ4n) is 3.72. The van der Waals surface area contributed by atoms with Gasteiger partial charge >= 0.3 is 0 Å². The molecule has 2 aromatic carbocycles. The first-order valence-electron chi connectivity index (χ1n) is 7.67. The number of allylic oxidation sites excluding steroid dienone is 2. The van der Waals surface area contributed by atoms with Crippen LogP contribution in [-0.4, -0.2) is 5.97 Å². The Morgan fingerprint density at radius 2 is 1.96 bits per heavy atom. The maximum atomic E-state index is 13.6. The first kappa shape index (κ1) is 14.0. The second-order valence-corrected chi connectivity index (χ2v) is 6.12. The number of aromatic carboxylic acids is 1. The monoisotopic (exact) mass is 308 g/mol. The minimum atomic E-state index is -1.17. The van der Waals surface area contributed by atoms with Crippen molar-refractivity contribution in [3.05, 3.63) is 77.1 Å². The number of carbonyl (C=O) groups excluding carboxylic acids is 1. The van der Waals surface area contributed by atoms with E-state index in [9.17, 15) is 14.3 Å². The van der Waals surface area contributed by atoms with E-state index < -0.39 is 5.97 Å². The van der Waals surface area contributed by atoms with Crippen LogP contribution in [0.4, 0.5) is 10.1 Å². The molecular weight excluding hydrogens is 293 g/mol. The summed E-state index contributed by atoms with van der Waals surface area (Å²) in [6, 6.07) is 11.7. The lowest BCUT2D eigenvalue weighted by atomic mass is 9.77. The molecule has 3 nitrogen and oxygen atoms in total. The zero-order chi connectivity index (χ0) is 16.0. The number of nitrogens with one attached hydrogen (secondary N) is 1. The number of halogens is 1. The summed E-state index contributed by atoms with van der Waals surface area (Å²) in [4.78, 5) is 10.9. The van der Waals surface area contributed by atoms with Crippen molar-refractivity contribution in [2.75, 3.05) is 5.32 Å². The van der Waals surface area contributed by atoms with E-state index in [1.807, 2.05) is 12.1 Å². The number of carboxylic acids is 1. The van der Waals surface area contributed by atoms with Crippen molar-refractivity contribution in [3.63, 3.8) is 0 Å². The molecule has 1 aliphatic heterocycles. The molecule has 3 atom stereocenters. The molecule has 0 radical (unpaired) electrons. The molecule has 0 fully saturated rings. The van der Waals surface area contributed by atoms with E-state index in [-0.39, 0.29) is 23.3 Å². The number of hydrogen-bond donors (Lipinski definition) is 1. The number of anilines is 1. The number of benzene rings is 2. The Morgan fingerprint density at radius 1 is 1.17 bits per heavy atom. The SMILES string of the molecule is O=C([O-])c1ccc([C@@H]2Nc3ccc(F)cc3[C@H]3C=CC[C@H]32)cc1. The molecule has 4 rings (SSSR count). The van der Waals surface area contributed by atoms with Gasteiger partial charge in [-0.05, 0) is 47.2 Å². The lowest BCUT2D eigenvalue weighted by Crippen LogP contribution is -2.29. The van der Waals surface area contributed by atoms with E-state index in [1.54, 1.807) is 24.3 Å². The highest BCUT2D eigenvalue weighted by Gasteiger charge is 2.37. The molecule has 0 saturated heterocycles. The summed E-state index contributed by atoms with van der Waals surface area (Å²) < 4.78 is 13.6. The van der Waals surface area contributed by atoms with E-state index in [0.717, 1.165) is 23.2 Å². The molecule has 1 N–H and O–H groups in total. The maximum Gasteiger partial charge on any atom is 0.123 e. The summed E-state index contributed by atoms with van der Waals surface area (Å²) in [6.45, 7) is 0. The Balaban J connectivity index is 1.73. The molecule has 0 aromatic heterocycles. The van der Waals surface area contributed by atoms with Crippen LogP contribution in [-0.2, 0) is 0 Å². The Hall–Kier alpha value is -2.62. The highest BCUT2D eigenvalue weighted by atomic mass is 19.1. The van der Waals surface area contributed by atoms with Crippen LogP contribution >= 0.6 is 0 Å². The fourth-order valence-corrected chi connectivity index (χ4v) is 3.72. The summed E-state index contributed by atoms with van der Waals surface area (Å²) in [5.74, 6) is -0.901. The molecule has 2 aliphatic rings. The molecule has 116 valence electrons. The van der Waals surface area contributed by atoms with Crippen molar-refractivity contribution >= 4 is 11.7 Å². The summed E-state index contributed by atoms with van der Waals surface area (Å²) in [7, 11) is 0. The van der Waals surface area contributed by atoms with Crippen LogP contribution in [0.15, 0.2) is 54.6 Å². The zero-order valence-electron chi connectivity index (χ0n) is 12.3. The van der Waals surface area contributed by atoms with Gasteiger partial charge in [-0.2, -0.15) is 0 Å². The van der Waals surface area contributed by atoms with Gasteiger partial charge in [-0.3, -0.25) is 0 Å². The van der Waals surface area contributed by atoms with Crippen molar-refractivity contribution < 1.29 is 14.3 Å². The van der Waals surface area contributed by atoms with Gasteiger partial charge in [0.1, 0.15) is 5.82 Å². The van der Waals surface area contributed by atoms with E-state index in [2.05, 4.69) is 17.5 Å². The predicted molar refractivity (Wildman–Crippen MR) is 83.5 cm³/mol. The lowest BCUT2D eigenvalue weighted by Gasteiger charge is -2.37. The van der Waals surface area contributed by atoms with E-state index in [0.29, 0.717) is 5.92 Å². The number of fused-ring (bicyclic) bond motifs is 3. The third kappa shape index (κ3) is 2.31. The van der Waals surface area contributed by atoms with Gasteiger partial charge in [-0.15, -0.1) is 0 Å². The zero-order valence-corrected chi connectivity index (χ0v) is 12.3. The average Bonchev–Trinajstić information content (AvgIpc) is 3.04. The molecule has 1 aliphatic carbocycles. The van der Waals surface area contributed by atoms with Crippen LogP contribution in [0.2, 0.25) is 0 Å². The Bertz CT molecular complexity index is 798. The van der Waals surface area contributed by atoms with Crippen molar-refractivity contribution in [2.45, 2.75) is 18.4 Å². The maximum absolute atomic E-state index is 13.6. The molecule has 4 heteroatoms. The van der Waals surface area contributed by atoms with Crippen molar-refractivity contribution in [1.82, 2.24) is 0 Å². The van der Waals surface area contributed by atoms with Gasteiger partial charge in [0.05, 0.1) is 12.0 Å². The van der Waals surface area contributed by atoms with Crippen LogP contribution in [0.25, 0.3) is 0 Å². The van der Waals surface area contributed by atoms with E-state index in [1.165, 1.54) is 6.07 Å². The van der Waals surface area contributed by atoms with E-state index in [4.69, 9.17) is 0 Å². The quantitative estimate of drug-likeness (QED) is 0.868. The van der Waals surface area contributed by atoms with E-state index >= 15 is 0 Å². The molecule has 0 bridgehead atoms. The van der Waals surface area contributed by atoms with Crippen molar-refractivity contribution in [2.24, 2.45) is 5.92 Å². The number of rotatable bonds is 2. The van der Waals surface area contributed by atoms with Crippen LogP contribution in [0.3, 0.4) is 0 Å². The van der Waals surface area contributed by atoms with Gasteiger partial charge < -0.3 is 15.2 Å². The summed E-state index contributed by atoms with van der Waals surface area (Å²) >= 11 is 0. The van der Waals surface area contributed by atoms with Crippen LogP contribution < -0.4 is 10.4 Å². The Kier molecular flexibility index (Phi) is 3.18. The van der Waals surface area contributed by atoms with Gasteiger partial charge in [0.25, 0.3) is 0 Å². The Labute approximate surface area is 133 Å². The third-order valence-electron chi connectivity index (χ3n) is 4.83. The van der Waals surface area contributed by atoms with Crippen molar-refractivity contribution in [3.8, 4) is 0 Å². The lowest BCUT2D eigenvalue weighted by molar-refractivity contribution is -0.255. The topological polar surface area (TPSA) is 52.2 Å². The summed E-state index contributed by atoms with van der Waals surface area (Å²) in [5, 5.41) is 14.4. The second-order valence-electron chi connectivity index (χ2n) is 6.12. The van der Waals surface area contributed by atoms with Gasteiger partial charge in [-0.25, -0.2) is 4.39 Å². The number of carbonyl (C=O) groups is 1. The second kappa shape index (κ2) is 5.23. The highest BCUT2D eigenvalue weighted by molar-refractivity contribution is 5.85. The third-order valence-corrected chi connectivity index (χ3v) is 4.83.